The molecule has 0 aromatic heterocycles. The van der Waals surface area contributed by atoms with Crippen LogP contribution >= 0.6 is 0 Å². The normalized spacial score (nSPS) is 17.2. The summed E-state index contributed by atoms with van der Waals surface area (Å²) in [4.78, 5) is 27.4. The Morgan fingerprint density at radius 3 is 2.57 bits per heavy atom. The largest absolute Gasteiger partial charge is 0.497 e. The second kappa shape index (κ2) is 10.1. The van der Waals surface area contributed by atoms with Crippen LogP contribution in [0.2, 0.25) is 0 Å². The van der Waals surface area contributed by atoms with Gasteiger partial charge in [0.25, 0.3) is 0 Å². The maximum Gasteiger partial charge on any atom is 0.321 e. The van der Waals surface area contributed by atoms with Gasteiger partial charge in [-0.3, -0.25) is 15.0 Å². The lowest BCUT2D eigenvalue weighted by molar-refractivity contribution is -0.126. The maximum absolute atomic E-state index is 13.2. The van der Waals surface area contributed by atoms with Crippen LogP contribution < -0.4 is 20.1 Å². The number of ether oxygens (including phenoxy) is 2. The third kappa shape index (κ3) is 4.74. The van der Waals surface area contributed by atoms with Gasteiger partial charge < -0.3 is 14.8 Å². The Morgan fingerprint density at radius 2 is 1.90 bits per heavy atom. The summed E-state index contributed by atoms with van der Waals surface area (Å²) in [5, 5.41) is 5.12. The predicted octanol–water partition coefficient (Wildman–Crippen LogP) is 3.43. The van der Waals surface area contributed by atoms with Gasteiger partial charge in [0.15, 0.2) is 0 Å². The average Bonchev–Trinajstić information content (AvgIpc) is 3.23. The summed E-state index contributed by atoms with van der Waals surface area (Å²) in [6.07, 6.45) is 1.83. The number of benzene rings is 2. The molecule has 2 aromatic rings. The first-order valence-corrected chi connectivity index (χ1v) is 10.2. The zero-order valence-electron chi connectivity index (χ0n) is 17.7. The van der Waals surface area contributed by atoms with E-state index < -0.39 is 12.1 Å². The quantitative estimate of drug-likeness (QED) is 0.730. The molecule has 30 heavy (non-hydrogen) atoms. The molecule has 3 amide bonds. The summed E-state index contributed by atoms with van der Waals surface area (Å²) in [5.41, 5.74) is 1.85. The number of imide groups is 1. The highest BCUT2D eigenvalue weighted by Gasteiger charge is 2.38. The van der Waals surface area contributed by atoms with E-state index in [1.807, 2.05) is 55.5 Å². The number of carbonyl (C=O) groups excluding carboxylic acids is 2. The lowest BCUT2D eigenvalue weighted by Crippen LogP contribution is -2.46. The third-order valence-electron chi connectivity index (χ3n) is 5.36. The number of hydrogen-bond acceptors (Lipinski definition) is 5. The lowest BCUT2D eigenvalue weighted by atomic mass is 9.98. The molecule has 1 fully saturated rings. The van der Waals surface area contributed by atoms with Crippen molar-refractivity contribution in [1.29, 1.82) is 0 Å². The maximum atomic E-state index is 13.2. The number of rotatable bonds is 7. The van der Waals surface area contributed by atoms with Gasteiger partial charge in [0.1, 0.15) is 17.5 Å². The highest BCUT2D eigenvalue weighted by atomic mass is 16.5. The Kier molecular flexibility index (Phi) is 7.30. The summed E-state index contributed by atoms with van der Waals surface area (Å²) in [7, 11) is 3.25. The fourth-order valence-corrected chi connectivity index (χ4v) is 4.04. The van der Waals surface area contributed by atoms with Gasteiger partial charge in [0, 0.05) is 24.2 Å². The van der Waals surface area contributed by atoms with E-state index in [1.165, 1.54) is 0 Å². The molecule has 7 nitrogen and oxygen atoms in total. The minimum atomic E-state index is -0.590. The van der Waals surface area contributed by atoms with E-state index in [9.17, 15) is 9.59 Å². The molecule has 2 N–H and O–H groups in total. The number of carbonyl (C=O) groups is 2. The molecule has 7 heteroatoms. The Labute approximate surface area is 177 Å². The first-order chi connectivity index (χ1) is 14.6. The van der Waals surface area contributed by atoms with Crippen LogP contribution in [0.3, 0.4) is 0 Å². The molecule has 2 atom stereocenters. The molecular formula is C23H29N3O4. The van der Waals surface area contributed by atoms with Crippen LogP contribution in [0.4, 0.5) is 4.79 Å². The van der Waals surface area contributed by atoms with Gasteiger partial charge in [-0.15, -0.1) is 0 Å². The van der Waals surface area contributed by atoms with Gasteiger partial charge in [-0.1, -0.05) is 36.4 Å². The highest BCUT2D eigenvalue weighted by molar-refractivity contribution is 5.97. The SMILES string of the molecule is CCNC(=O)NC(=O)[C@H](c1ccccc1)N1CCC[C@@H]1c1ccc(OC)cc1OC. The van der Waals surface area contributed by atoms with Gasteiger partial charge in [0.2, 0.25) is 5.91 Å². The molecule has 1 saturated heterocycles. The zero-order valence-corrected chi connectivity index (χ0v) is 17.7. The van der Waals surface area contributed by atoms with Crippen LogP contribution in [0.25, 0.3) is 0 Å². The number of methoxy groups -OCH3 is 2. The molecule has 1 heterocycles. The summed E-state index contributed by atoms with van der Waals surface area (Å²) in [5.74, 6) is 1.10. The lowest BCUT2D eigenvalue weighted by Gasteiger charge is -2.33. The Hall–Kier alpha value is -3.06. The van der Waals surface area contributed by atoms with E-state index >= 15 is 0 Å². The van der Waals surface area contributed by atoms with Crippen LogP contribution in [0.5, 0.6) is 11.5 Å². The van der Waals surface area contributed by atoms with Crippen molar-refractivity contribution in [3.05, 3.63) is 59.7 Å². The summed E-state index contributed by atoms with van der Waals surface area (Å²) < 4.78 is 10.9. The van der Waals surface area contributed by atoms with Gasteiger partial charge in [-0.05, 0) is 37.9 Å². The number of amides is 3. The van der Waals surface area contributed by atoms with Crippen molar-refractivity contribution >= 4 is 11.9 Å². The number of nitrogens with one attached hydrogen (secondary N) is 2. The Morgan fingerprint density at radius 1 is 1.13 bits per heavy atom. The molecule has 1 aliphatic heterocycles. The van der Waals surface area contributed by atoms with Crippen LogP contribution in [0.15, 0.2) is 48.5 Å². The van der Waals surface area contributed by atoms with Crippen LogP contribution in [0.1, 0.15) is 43.0 Å². The molecule has 0 bridgehead atoms. The van der Waals surface area contributed by atoms with Crippen LogP contribution in [0, 0.1) is 0 Å². The van der Waals surface area contributed by atoms with Crippen molar-refractivity contribution < 1.29 is 19.1 Å². The van der Waals surface area contributed by atoms with E-state index in [-0.39, 0.29) is 11.9 Å². The van der Waals surface area contributed by atoms with Gasteiger partial charge >= 0.3 is 6.03 Å². The molecule has 0 radical (unpaired) electrons. The fourth-order valence-electron chi connectivity index (χ4n) is 4.04. The Bertz CT molecular complexity index is 872. The highest BCUT2D eigenvalue weighted by Crippen LogP contribution is 2.43. The summed E-state index contributed by atoms with van der Waals surface area (Å²) >= 11 is 0. The van der Waals surface area contributed by atoms with E-state index in [1.54, 1.807) is 14.2 Å². The topological polar surface area (TPSA) is 79.9 Å². The van der Waals surface area contributed by atoms with Crippen LogP contribution in [-0.4, -0.2) is 44.1 Å². The van der Waals surface area contributed by atoms with E-state index in [4.69, 9.17) is 9.47 Å². The number of hydrogen-bond donors (Lipinski definition) is 2. The number of likely N-dealkylation sites (tertiary alicyclic amines) is 1. The van der Waals surface area contributed by atoms with Gasteiger partial charge in [0.05, 0.1) is 14.2 Å². The monoisotopic (exact) mass is 411 g/mol. The van der Waals surface area contributed by atoms with Crippen molar-refractivity contribution in [1.82, 2.24) is 15.5 Å². The van der Waals surface area contributed by atoms with Crippen molar-refractivity contribution in [3.63, 3.8) is 0 Å². The van der Waals surface area contributed by atoms with Crippen molar-refractivity contribution in [2.75, 3.05) is 27.3 Å². The molecule has 0 spiro atoms. The minimum Gasteiger partial charge on any atom is -0.497 e. The summed E-state index contributed by atoms with van der Waals surface area (Å²) in [6, 6.07) is 14.2. The van der Waals surface area contributed by atoms with Gasteiger partial charge in [-0.25, -0.2) is 4.79 Å². The second-order valence-corrected chi connectivity index (χ2v) is 7.17. The van der Waals surface area contributed by atoms with Crippen LogP contribution in [-0.2, 0) is 4.79 Å². The average molecular weight is 412 g/mol. The zero-order chi connectivity index (χ0) is 21.5. The van der Waals surface area contributed by atoms with E-state index in [0.29, 0.717) is 12.3 Å². The summed E-state index contributed by atoms with van der Waals surface area (Å²) in [6.45, 7) is 3.00. The predicted molar refractivity (Wildman–Crippen MR) is 115 cm³/mol. The molecule has 0 unspecified atom stereocenters. The van der Waals surface area contributed by atoms with Gasteiger partial charge in [-0.2, -0.15) is 0 Å². The van der Waals surface area contributed by atoms with Crippen molar-refractivity contribution in [2.45, 2.75) is 31.8 Å². The van der Waals surface area contributed by atoms with E-state index in [0.717, 1.165) is 36.3 Å². The first kappa shape index (κ1) is 21.6. The van der Waals surface area contributed by atoms with Crippen molar-refractivity contribution in [2.24, 2.45) is 0 Å². The molecule has 3 rings (SSSR count). The van der Waals surface area contributed by atoms with Crippen molar-refractivity contribution in [3.8, 4) is 11.5 Å². The molecule has 0 aliphatic carbocycles. The Balaban J connectivity index is 1.96. The van der Waals surface area contributed by atoms with E-state index in [2.05, 4.69) is 15.5 Å². The smallest absolute Gasteiger partial charge is 0.321 e. The number of urea groups is 1. The minimum absolute atomic E-state index is 0.0175. The fraction of sp³-hybridized carbons (Fsp3) is 0.391. The standard InChI is InChI=1S/C23H29N3O4/c1-4-24-23(28)25-22(27)21(16-9-6-5-7-10-16)26-14-8-11-19(26)18-13-12-17(29-2)15-20(18)30-3/h5-7,9-10,12-13,15,19,21H,4,8,11,14H2,1-3H3,(H2,24,25,27,28)/t19-,21+/m1/s1. The first-order valence-electron chi connectivity index (χ1n) is 10.2. The molecule has 1 aliphatic rings. The third-order valence-corrected chi connectivity index (χ3v) is 5.36. The molecule has 2 aromatic carbocycles. The number of nitrogens with zero attached hydrogens (tertiary/aromatic N) is 1. The molecular weight excluding hydrogens is 382 g/mol. The molecule has 0 saturated carbocycles. The second-order valence-electron chi connectivity index (χ2n) is 7.17. The molecule has 160 valence electrons.